The van der Waals surface area contributed by atoms with E-state index in [9.17, 15) is 9.59 Å². The van der Waals surface area contributed by atoms with E-state index < -0.39 is 0 Å². The van der Waals surface area contributed by atoms with Crippen molar-refractivity contribution in [1.82, 2.24) is 4.98 Å². The van der Waals surface area contributed by atoms with Crippen molar-refractivity contribution in [1.29, 1.82) is 0 Å². The number of thiophene rings is 2. The van der Waals surface area contributed by atoms with Crippen molar-refractivity contribution in [2.75, 3.05) is 5.32 Å². The maximum atomic E-state index is 11.1. The van der Waals surface area contributed by atoms with Crippen LogP contribution in [0.2, 0.25) is 0 Å². The molecular formula is C14H10N2O3S2. The first-order chi connectivity index (χ1) is 10.2. The number of anilines is 1. The normalized spacial score (nSPS) is 10.5. The zero-order valence-electron chi connectivity index (χ0n) is 11.0. The van der Waals surface area contributed by atoms with Crippen LogP contribution < -0.4 is 10.1 Å². The van der Waals surface area contributed by atoms with E-state index in [1.165, 1.54) is 18.3 Å². The summed E-state index contributed by atoms with van der Waals surface area (Å²) in [5.41, 5.74) is 0.773. The molecular weight excluding hydrogens is 308 g/mol. The molecule has 0 bridgehead atoms. The Labute approximate surface area is 128 Å². The number of aromatic nitrogens is 1. The molecule has 0 radical (unpaired) electrons. The van der Waals surface area contributed by atoms with Crippen molar-refractivity contribution in [3.05, 3.63) is 29.6 Å². The SMILES string of the molecule is CC(=O)Oc1cc2cc(NC=O)nc(-c3cccs3)c2s1. The Morgan fingerprint density at radius 1 is 1.43 bits per heavy atom. The maximum Gasteiger partial charge on any atom is 0.308 e. The summed E-state index contributed by atoms with van der Waals surface area (Å²) in [5.74, 6) is 0.103. The topological polar surface area (TPSA) is 68.3 Å². The largest absolute Gasteiger partial charge is 0.416 e. The predicted octanol–water partition coefficient (Wildman–Crippen LogP) is 3.52. The molecule has 3 rings (SSSR count). The fraction of sp³-hybridized carbons (Fsp3) is 0.0714. The number of carbonyl (C=O) groups excluding carboxylic acids is 2. The Morgan fingerprint density at radius 2 is 2.29 bits per heavy atom. The van der Waals surface area contributed by atoms with Gasteiger partial charge >= 0.3 is 5.97 Å². The third-order valence-corrected chi connectivity index (χ3v) is 4.60. The second-order valence-corrected chi connectivity index (χ2v) is 6.14. The molecule has 0 atom stereocenters. The van der Waals surface area contributed by atoms with Gasteiger partial charge in [-0.3, -0.25) is 9.59 Å². The highest BCUT2D eigenvalue weighted by molar-refractivity contribution is 7.22. The Kier molecular flexibility index (Phi) is 3.68. The van der Waals surface area contributed by atoms with Gasteiger partial charge < -0.3 is 10.1 Å². The monoisotopic (exact) mass is 318 g/mol. The van der Waals surface area contributed by atoms with E-state index >= 15 is 0 Å². The number of nitrogens with zero attached hydrogens (tertiary/aromatic N) is 1. The first-order valence-corrected chi connectivity index (χ1v) is 7.74. The van der Waals surface area contributed by atoms with Crippen LogP contribution in [0.15, 0.2) is 29.6 Å². The minimum absolute atomic E-state index is 0.363. The van der Waals surface area contributed by atoms with Crippen LogP contribution in [0.1, 0.15) is 6.92 Å². The number of hydrogen-bond acceptors (Lipinski definition) is 6. The van der Waals surface area contributed by atoms with Crippen molar-refractivity contribution in [2.24, 2.45) is 0 Å². The van der Waals surface area contributed by atoms with Crippen LogP contribution in [0.3, 0.4) is 0 Å². The van der Waals surface area contributed by atoms with Crippen molar-refractivity contribution < 1.29 is 14.3 Å². The number of fused-ring (bicyclic) bond motifs is 1. The van der Waals surface area contributed by atoms with E-state index in [0.29, 0.717) is 17.3 Å². The van der Waals surface area contributed by atoms with Gasteiger partial charge in [0.2, 0.25) is 6.41 Å². The lowest BCUT2D eigenvalue weighted by Gasteiger charge is -2.03. The van der Waals surface area contributed by atoms with Gasteiger partial charge in [0.1, 0.15) is 11.5 Å². The van der Waals surface area contributed by atoms with Gasteiger partial charge in [-0.15, -0.1) is 11.3 Å². The van der Waals surface area contributed by atoms with E-state index in [1.807, 2.05) is 17.5 Å². The Bertz CT molecular complexity index is 809. The number of pyridine rings is 1. The van der Waals surface area contributed by atoms with Crippen LogP contribution in [0, 0.1) is 0 Å². The van der Waals surface area contributed by atoms with Crippen LogP contribution in [0.25, 0.3) is 20.7 Å². The summed E-state index contributed by atoms with van der Waals surface area (Å²) >= 11 is 2.92. The number of hydrogen-bond donors (Lipinski definition) is 1. The fourth-order valence-corrected chi connectivity index (χ4v) is 3.75. The molecule has 1 amide bonds. The molecule has 0 aromatic carbocycles. The molecule has 3 aromatic rings. The Morgan fingerprint density at radius 3 is 2.95 bits per heavy atom. The summed E-state index contributed by atoms with van der Waals surface area (Å²) in [6, 6.07) is 7.43. The molecule has 0 spiro atoms. The number of rotatable bonds is 4. The molecule has 1 N–H and O–H groups in total. The van der Waals surface area contributed by atoms with Gasteiger partial charge in [0.15, 0.2) is 5.06 Å². The van der Waals surface area contributed by atoms with E-state index in [2.05, 4.69) is 10.3 Å². The molecule has 21 heavy (non-hydrogen) atoms. The van der Waals surface area contributed by atoms with Gasteiger partial charge in [-0.05, 0) is 17.5 Å². The average Bonchev–Trinajstić information content (AvgIpc) is 3.05. The number of amides is 1. The third-order valence-electron chi connectivity index (χ3n) is 2.68. The van der Waals surface area contributed by atoms with Crippen molar-refractivity contribution in [2.45, 2.75) is 6.92 Å². The molecule has 0 aliphatic carbocycles. The maximum absolute atomic E-state index is 11.1. The number of ether oxygens (including phenoxy) is 1. The Balaban J connectivity index is 2.19. The summed E-state index contributed by atoms with van der Waals surface area (Å²) in [4.78, 5) is 27.2. The highest BCUT2D eigenvalue weighted by Crippen LogP contribution is 2.40. The lowest BCUT2D eigenvalue weighted by atomic mass is 10.2. The van der Waals surface area contributed by atoms with E-state index in [1.54, 1.807) is 23.5 Å². The number of esters is 1. The second kappa shape index (κ2) is 5.63. The summed E-state index contributed by atoms with van der Waals surface area (Å²) in [5, 5.41) is 5.91. The first kappa shape index (κ1) is 13.7. The van der Waals surface area contributed by atoms with Crippen LogP contribution in [-0.2, 0) is 9.59 Å². The number of carbonyl (C=O) groups is 2. The van der Waals surface area contributed by atoms with Gasteiger partial charge in [-0.1, -0.05) is 17.4 Å². The minimum atomic E-state index is -0.363. The molecule has 3 heterocycles. The molecule has 0 aliphatic heterocycles. The zero-order valence-corrected chi connectivity index (χ0v) is 12.6. The molecule has 0 saturated heterocycles. The third kappa shape index (κ3) is 2.79. The minimum Gasteiger partial charge on any atom is -0.416 e. The highest BCUT2D eigenvalue weighted by Gasteiger charge is 2.14. The summed E-state index contributed by atoms with van der Waals surface area (Å²) in [7, 11) is 0. The van der Waals surface area contributed by atoms with Gasteiger partial charge in [0.05, 0.1) is 9.58 Å². The lowest BCUT2D eigenvalue weighted by molar-refractivity contribution is -0.131. The summed E-state index contributed by atoms with van der Waals surface area (Å²) in [6.45, 7) is 1.36. The van der Waals surface area contributed by atoms with Crippen molar-refractivity contribution in [3.8, 4) is 15.6 Å². The molecule has 0 fully saturated rings. The van der Waals surface area contributed by atoms with Gasteiger partial charge in [-0.25, -0.2) is 4.98 Å². The van der Waals surface area contributed by atoms with E-state index in [0.717, 1.165) is 20.7 Å². The van der Waals surface area contributed by atoms with Crippen LogP contribution in [-0.4, -0.2) is 17.4 Å². The van der Waals surface area contributed by atoms with Crippen molar-refractivity contribution >= 4 is 51.0 Å². The second-order valence-electron chi connectivity index (χ2n) is 4.17. The molecule has 0 unspecified atom stereocenters. The highest BCUT2D eigenvalue weighted by atomic mass is 32.1. The molecule has 106 valence electrons. The standard InChI is InChI=1S/C14H10N2O3S2/c1-8(18)19-12-6-9-5-11(15-7-17)16-13(14(9)21-12)10-3-2-4-20-10/h2-7H,1H3,(H,15,16,17). The van der Waals surface area contributed by atoms with Crippen molar-refractivity contribution in [3.63, 3.8) is 0 Å². The lowest BCUT2D eigenvalue weighted by Crippen LogP contribution is -1.98. The fourth-order valence-electron chi connectivity index (χ4n) is 1.93. The van der Waals surface area contributed by atoms with E-state index in [-0.39, 0.29) is 5.97 Å². The van der Waals surface area contributed by atoms with Gasteiger partial charge in [-0.2, -0.15) is 0 Å². The Hall–Kier alpha value is -2.25. The molecule has 0 aliphatic rings. The molecule has 5 nitrogen and oxygen atoms in total. The number of nitrogens with one attached hydrogen (secondary N) is 1. The molecule has 7 heteroatoms. The zero-order chi connectivity index (χ0) is 14.8. The summed E-state index contributed by atoms with van der Waals surface area (Å²) in [6.07, 6.45) is 0.589. The van der Waals surface area contributed by atoms with Crippen LogP contribution in [0.5, 0.6) is 5.06 Å². The average molecular weight is 318 g/mol. The summed E-state index contributed by atoms with van der Waals surface area (Å²) < 4.78 is 6.06. The first-order valence-electron chi connectivity index (χ1n) is 6.04. The van der Waals surface area contributed by atoms with Crippen LogP contribution >= 0.6 is 22.7 Å². The predicted molar refractivity (Wildman–Crippen MR) is 83.9 cm³/mol. The molecule has 3 aromatic heterocycles. The van der Waals surface area contributed by atoms with Crippen LogP contribution in [0.4, 0.5) is 5.82 Å². The smallest absolute Gasteiger partial charge is 0.308 e. The molecule has 0 saturated carbocycles. The van der Waals surface area contributed by atoms with Gasteiger partial charge in [0, 0.05) is 18.4 Å². The van der Waals surface area contributed by atoms with Gasteiger partial charge in [0.25, 0.3) is 0 Å². The van der Waals surface area contributed by atoms with E-state index in [4.69, 9.17) is 4.74 Å². The quantitative estimate of drug-likeness (QED) is 0.590.